The lowest BCUT2D eigenvalue weighted by Gasteiger charge is -2.03. The minimum Gasteiger partial charge on any atom is -0.494 e. The van der Waals surface area contributed by atoms with E-state index in [9.17, 15) is 0 Å². The SMILES string of the molecule is CCOc1ccc(-c2nnc3sc(Nc4cccc(C)c4)nn23)cc1. The molecule has 0 aliphatic heterocycles. The van der Waals surface area contributed by atoms with Crippen molar-refractivity contribution in [3.63, 3.8) is 0 Å². The fourth-order valence-electron chi connectivity index (χ4n) is 2.56. The average molecular weight is 351 g/mol. The van der Waals surface area contributed by atoms with Crippen molar-refractivity contribution in [1.82, 2.24) is 19.8 Å². The molecule has 2 aromatic carbocycles. The molecule has 6 nitrogen and oxygen atoms in total. The van der Waals surface area contributed by atoms with Crippen molar-refractivity contribution in [1.29, 1.82) is 0 Å². The highest BCUT2D eigenvalue weighted by Crippen LogP contribution is 2.27. The van der Waals surface area contributed by atoms with E-state index in [2.05, 4.69) is 39.7 Å². The molecule has 0 saturated heterocycles. The topological polar surface area (TPSA) is 64.3 Å². The minimum absolute atomic E-state index is 0.647. The third-order valence-electron chi connectivity index (χ3n) is 3.68. The summed E-state index contributed by atoms with van der Waals surface area (Å²) in [5, 5.41) is 17.2. The standard InChI is InChI=1S/C18H17N5OS/c1-3-24-15-9-7-13(8-10-15)16-20-21-18-23(16)22-17(25-18)19-14-6-4-5-12(2)11-14/h4-11H,3H2,1-2H3,(H,19,22). The van der Waals surface area contributed by atoms with E-state index in [-0.39, 0.29) is 0 Å². The normalized spacial score (nSPS) is 11.0. The van der Waals surface area contributed by atoms with Gasteiger partial charge in [-0.1, -0.05) is 23.5 Å². The maximum atomic E-state index is 5.48. The van der Waals surface area contributed by atoms with Gasteiger partial charge in [0, 0.05) is 11.3 Å². The number of rotatable bonds is 5. The molecule has 25 heavy (non-hydrogen) atoms. The van der Waals surface area contributed by atoms with Crippen LogP contribution in [0.3, 0.4) is 0 Å². The minimum atomic E-state index is 0.647. The zero-order valence-electron chi connectivity index (χ0n) is 13.9. The first-order valence-electron chi connectivity index (χ1n) is 8.02. The quantitative estimate of drug-likeness (QED) is 0.581. The van der Waals surface area contributed by atoms with E-state index in [1.165, 1.54) is 16.9 Å². The van der Waals surface area contributed by atoms with E-state index >= 15 is 0 Å². The monoisotopic (exact) mass is 351 g/mol. The molecule has 0 fully saturated rings. The predicted octanol–water partition coefficient (Wildman–Crippen LogP) is 4.30. The number of aryl methyl sites for hydroxylation is 1. The van der Waals surface area contributed by atoms with Crippen LogP contribution >= 0.6 is 11.3 Å². The van der Waals surface area contributed by atoms with Crippen molar-refractivity contribution in [2.75, 3.05) is 11.9 Å². The van der Waals surface area contributed by atoms with E-state index < -0.39 is 0 Å². The summed E-state index contributed by atoms with van der Waals surface area (Å²) >= 11 is 1.47. The number of benzene rings is 2. The molecule has 2 aromatic heterocycles. The second-order valence-electron chi connectivity index (χ2n) is 5.58. The molecule has 2 heterocycles. The Balaban J connectivity index is 1.64. The Kier molecular flexibility index (Phi) is 4.07. The second-order valence-corrected chi connectivity index (χ2v) is 6.53. The summed E-state index contributed by atoms with van der Waals surface area (Å²) < 4.78 is 7.24. The molecule has 0 radical (unpaired) electrons. The molecule has 7 heteroatoms. The molecule has 0 bridgehead atoms. The Hall–Kier alpha value is -2.93. The van der Waals surface area contributed by atoms with Crippen molar-refractivity contribution in [3.05, 3.63) is 54.1 Å². The van der Waals surface area contributed by atoms with Crippen molar-refractivity contribution in [3.8, 4) is 17.1 Å². The first-order valence-corrected chi connectivity index (χ1v) is 8.84. The molecular weight excluding hydrogens is 334 g/mol. The van der Waals surface area contributed by atoms with Crippen LogP contribution in [0, 0.1) is 6.92 Å². The summed E-state index contributed by atoms with van der Waals surface area (Å²) in [6.07, 6.45) is 0. The lowest BCUT2D eigenvalue weighted by Crippen LogP contribution is -1.95. The number of fused-ring (bicyclic) bond motifs is 1. The molecule has 1 N–H and O–H groups in total. The largest absolute Gasteiger partial charge is 0.494 e. The Morgan fingerprint density at radius 1 is 1.12 bits per heavy atom. The zero-order chi connectivity index (χ0) is 17.2. The molecule has 0 amide bonds. The maximum Gasteiger partial charge on any atom is 0.236 e. The van der Waals surface area contributed by atoms with Gasteiger partial charge in [0.1, 0.15) is 5.75 Å². The number of hydrogen-bond acceptors (Lipinski definition) is 6. The molecular formula is C18H17N5OS. The molecule has 0 saturated carbocycles. The molecule has 0 spiro atoms. The second kappa shape index (κ2) is 6.52. The number of nitrogens with one attached hydrogen (secondary N) is 1. The van der Waals surface area contributed by atoms with Crippen LogP contribution in [-0.4, -0.2) is 26.4 Å². The maximum absolute atomic E-state index is 5.48. The third-order valence-corrected chi connectivity index (χ3v) is 4.50. The Labute approximate surface area is 149 Å². The lowest BCUT2D eigenvalue weighted by atomic mass is 10.2. The van der Waals surface area contributed by atoms with Crippen molar-refractivity contribution >= 4 is 27.1 Å². The van der Waals surface area contributed by atoms with Gasteiger partial charge in [-0.2, -0.15) is 4.52 Å². The Bertz CT molecular complexity index is 1010. The Morgan fingerprint density at radius 3 is 2.72 bits per heavy atom. The lowest BCUT2D eigenvalue weighted by molar-refractivity contribution is 0.340. The summed E-state index contributed by atoms with van der Waals surface area (Å²) in [4.78, 5) is 0.749. The average Bonchev–Trinajstić information content (AvgIpc) is 3.16. The summed E-state index contributed by atoms with van der Waals surface area (Å²) in [6, 6.07) is 16.0. The van der Waals surface area contributed by atoms with Gasteiger partial charge in [0.25, 0.3) is 0 Å². The molecule has 0 atom stereocenters. The Morgan fingerprint density at radius 2 is 1.96 bits per heavy atom. The number of nitrogens with zero attached hydrogens (tertiary/aromatic N) is 4. The molecule has 0 aliphatic rings. The summed E-state index contributed by atoms with van der Waals surface area (Å²) in [6.45, 7) is 4.68. The van der Waals surface area contributed by atoms with Gasteiger partial charge in [-0.05, 0) is 55.8 Å². The fourth-order valence-corrected chi connectivity index (χ4v) is 3.32. The van der Waals surface area contributed by atoms with Crippen LogP contribution in [0.25, 0.3) is 16.3 Å². The van der Waals surface area contributed by atoms with Crippen LogP contribution in [0.4, 0.5) is 10.8 Å². The van der Waals surface area contributed by atoms with E-state index in [0.717, 1.165) is 27.1 Å². The van der Waals surface area contributed by atoms with Gasteiger partial charge in [-0.3, -0.25) is 0 Å². The number of aromatic nitrogens is 4. The summed E-state index contributed by atoms with van der Waals surface area (Å²) in [7, 11) is 0. The van der Waals surface area contributed by atoms with Gasteiger partial charge < -0.3 is 10.1 Å². The van der Waals surface area contributed by atoms with Crippen LogP contribution < -0.4 is 10.1 Å². The zero-order valence-corrected chi connectivity index (χ0v) is 14.7. The first-order chi connectivity index (χ1) is 12.2. The highest BCUT2D eigenvalue weighted by molar-refractivity contribution is 7.20. The molecule has 4 rings (SSSR count). The van der Waals surface area contributed by atoms with E-state index in [0.29, 0.717) is 12.4 Å². The van der Waals surface area contributed by atoms with E-state index in [1.54, 1.807) is 4.52 Å². The van der Waals surface area contributed by atoms with Gasteiger partial charge in [0.15, 0.2) is 5.82 Å². The predicted molar refractivity (Wildman–Crippen MR) is 99.7 cm³/mol. The molecule has 4 aromatic rings. The van der Waals surface area contributed by atoms with Crippen LogP contribution in [0.5, 0.6) is 5.75 Å². The van der Waals surface area contributed by atoms with Crippen molar-refractivity contribution in [2.24, 2.45) is 0 Å². The van der Waals surface area contributed by atoms with Crippen LogP contribution in [-0.2, 0) is 0 Å². The van der Waals surface area contributed by atoms with Crippen LogP contribution in [0.1, 0.15) is 12.5 Å². The van der Waals surface area contributed by atoms with Crippen LogP contribution in [0.15, 0.2) is 48.5 Å². The van der Waals surface area contributed by atoms with Gasteiger partial charge in [-0.25, -0.2) is 0 Å². The third kappa shape index (κ3) is 3.18. The van der Waals surface area contributed by atoms with E-state index in [4.69, 9.17) is 4.74 Å². The summed E-state index contributed by atoms with van der Waals surface area (Å²) in [5.41, 5.74) is 3.15. The van der Waals surface area contributed by atoms with Gasteiger partial charge in [-0.15, -0.1) is 15.3 Å². The van der Waals surface area contributed by atoms with Crippen molar-refractivity contribution in [2.45, 2.75) is 13.8 Å². The number of anilines is 2. The molecule has 0 unspecified atom stereocenters. The summed E-state index contributed by atoms with van der Waals surface area (Å²) in [5.74, 6) is 1.55. The fraction of sp³-hybridized carbons (Fsp3) is 0.167. The van der Waals surface area contributed by atoms with Gasteiger partial charge in [0.2, 0.25) is 10.1 Å². The first kappa shape index (κ1) is 15.6. The molecule has 0 aliphatic carbocycles. The molecule has 126 valence electrons. The number of ether oxygens (including phenoxy) is 1. The number of hydrogen-bond donors (Lipinski definition) is 1. The highest BCUT2D eigenvalue weighted by Gasteiger charge is 2.13. The smallest absolute Gasteiger partial charge is 0.236 e. The van der Waals surface area contributed by atoms with Gasteiger partial charge >= 0.3 is 0 Å². The van der Waals surface area contributed by atoms with Crippen molar-refractivity contribution < 1.29 is 4.74 Å². The van der Waals surface area contributed by atoms with Gasteiger partial charge in [0.05, 0.1) is 6.61 Å². The van der Waals surface area contributed by atoms with Crippen LogP contribution in [0.2, 0.25) is 0 Å². The van der Waals surface area contributed by atoms with E-state index in [1.807, 2.05) is 43.3 Å². The highest BCUT2D eigenvalue weighted by atomic mass is 32.1.